The topological polar surface area (TPSA) is 9.86 Å². The summed E-state index contributed by atoms with van der Waals surface area (Å²) in [5.74, 6) is 0. The van der Waals surface area contributed by atoms with Gasteiger partial charge in [-0.3, -0.25) is 0 Å². The third-order valence-electron chi connectivity index (χ3n) is 10.8. The van der Waals surface area contributed by atoms with Gasteiger partial charge in [0.15, 0.2) is 0 Å². The molecule has 0 spiro atoms. The SMILES string of the molecule is CC.CC.c1ccc(-c2ccc(-c3ccc(-n4c5ccccc5c5ccccc54)cc3)cc2)cc1.c1ccc(-c2ccc(-n3c4ccccc4c4ccccc43)cc2)cc1. The minimum absolute atomic E-state index is 1.18. The fourth-order valence-electron chi connectivity index (χ4n) is 8.12. The minimum Gasteiger partial charge on any atom is -0.309 e. The highest BCUT2D eigenvalue weighted by Crippen LogP contribution is 2.34. The lowest BCUT2D eigenvalue weighted by Crippen LogP contribution is -1.93. The van der Waals surface area contributed by atoms with Crippen LogP contribution in [0.5, 0.6) is 0 Å². The maximum Gasteiger partial charge on any atom is 0.0541 e. The molecule has 0 amide bonds. The molecule has 0 fully saturated rings. The highest BCUT2D eigenvalue weighted by atomic mass is 15.0. The van der Waals surface area contributed by atoms with Gasteiger partial charge in [-0.2, -0.15) is 0 Å². The number of hydrogen-bond donors (Lipinski definition) is 0. The van der Waals surface area contributed by atoms with Gasteiger partial charge in [-0.1, -0.05) is 210 Å². The van der Waals surface area contributed by atoms with Crippen molar-refractivity contribution in [3.8, 4) is 44.8 Å². The Bertz CT molecular complexity index is 2970. The molecule has 2 heteroatoms. The first-order valence-corrected chi connectivity index (χ1v) is 21.2. The van der Waals surface area contributed by atoms with Gasteiger partial charge in [-0.15, -0.1) is 0 Å². The van der Waals surface area contributed by atoms with Crippen molar-refractivity contribution in [3.05, 3.63) is 231 Å². The molecule has 9 aromatic carbocycles. The second kappa shape index (κ2) is 18.4. The first-order chi connectivity index (χ1) is 29.8. The van der Waals surface area contributed by atoms with Crippen molar-refractivity contribution >= 4 is 43.6 Å². The van der Waals surface area contributed by atoms with Crippen LogP contribution in [0.2, 0.25) is 0 Å². The van der Waals surface area contributed by atoms with Gasteiger partial charge in [0.2, 0.25) is 0 Å². The van der Waals surface area contributed by atoms with E-state index in [9.17, 15) is 0 Å². The Morgan fingerprint density at radius 1 is 0.200 bits per heavy atom. The second-order valence-corrected chi connectivity index (χ2v) is 14.1. The Morgan fingerprint density at radius 3 is 0.667 bits per heavy atom. The molecule has 60 heavy (non-hydrogen) atoms. The first-order valence-electron chi connectivity index (χ1n) is 21.2. The molecule has 0 saturated heterocycles. The highest BCUT2D eigenvalue weighted by Gasteiger charge is 2.13. The predicted octanol–water partition coefficient (Wildman–Crippen LogP) is 16.6. The van der Waals surface area contributed by atoms with Crippen molar-refractivity contribution < 1.29 is 0 Å². The van der Waals surface area contributed by atoms with E-state index in [4.69, 9.17) is 0 Å². The van der Waals surface area contributed by atoms with Crippen molar-refractivity contribution in [2.75, 3.05) is 0 Å². The zero-order chi connectivity index (χ0) is 41.3. The number of fused-ring (bicyclic) bond motifs is 6. The number of nitrogens with zero attached hydrogens (tertiary/aromatic N) is 2. The lowest BCUT2D eigenvalue weighted by molar-refractivity contribution is 1.18. The van der Waals surface area contributed by atoms with E-state index in [1.54, 1.807) is 0 Å². The number of benzene rings is 9. The molecule has 11 aromatic rings. The highest BCUT2D eigenvalue weighted by molar-refractivity contribution is 6.10. The molecule has 0 aliphatic carbocycles. The van der Waals surface area contributed by atoms with Crippen LogP contribution in [0.25, 0.3) is 88.4 Å². The second-order valence-electron chi connectivity index (χ2n) is 14.1. The minimum atomic E-state index is 1.18. The van der Waals surface area contributed by atoms with E-state index in [-0.39, 0.29) is 0 Å². The monoisotopic (exact) mass is 774 g/mol. The van der Waals surface area contributed by atoms with Gasteiger partial charge in [0, 0.05) is 32.9 Å². The van der Waals surface area contributed by atoms with Crippen molar-refractivity contribution in [3.63, 3.8) is 0 Å². The van der Waals surface area contributed by atoms with E-state index in [0.29, 0.717) is 0 Å². The van der Waals surface area contributed by atoms with E-state index < -0.39 is 0 Å². The van der Waals surface area contributed by atoms with Crippen LogP contribution in [0, 0.1) is 0 Å². The average Bonchev–Trinajstić information content (AvgIpc) is 3.87. The molecule has 0 atom stereocenters. The molecule has 2 aromatic heterocycles. The molecule has 0 unspecified atom stereocenters. The number of para-hydroxylation sites is 4. The normalized spacial score (nSPS) is 10.7. The zero-order valence-electron chi connectivity index (χ0n) is 34.8. The third kappa shape index (κ3) is 7.76. The third-order valence-corrected chi connectivity index (χ3v) is 10.8. The average molecular weight is 775 g/mol. The Morgan fingerprint density at radius 2 is 0.400 bits per heavy atom. The van der Waals surface area contributed by atoms with Crippen LogP contribution in [-0.2, 0) is 0 Å². The molecular formula is C58H50N2. The largest absolute Gasteiger partial charge is 0.309 e. The Labute approximate surface area is 354 Å². The summed E-state index contributed by atoms with van der Waals surface area (Å²) in [5, 5.41) is 5.17. The molecule has 292 valence electrons. The van der Waals surface area contributed by atoms with Crippen LogP contribution in [-0.4, -0.2) is 9.13 Å². The smallest absolute Gasteiger partial charge is 0.0541 e. The van der Waals surface area contributed by atoms with Crippen LogP contribution in [0.4, 0.5) is 0 Å². The van der Waals surface area contributed by atoms with Crippen LogP contribution in [0.15, 0.2) is 231 Å². The van der Waals surface area contributed by atoms with Crippen molar-refractivity contribution in [2.45, 2.75) is 27.7 Å². The van der Waals surface area contributed by atoms with Crippen molar-refractivity contribution in [2.24, 2.45) is 0 Å². The summed E-state index contributed by atoms with van der Waals surface area (Å²) in [6.45, 7) is 8.00. The molecule has 0 N–H and O–H groups in total. The van der Waals surface area contributed by atoms with Gasteiger partial charge in [-0.25, -0.2) is 0 Å². The van der Waals surface area contributed by atoms with Gasteiger partial charge in [-0.05, 0) is 81.9 Å². The summed E-state index contributed by atoms with van der Waals surface area (Å²) in [5.41, 5.74) is 14.8. The molecule has 0 saturated carbocycles. The van der Waals surface area contributed by atoms with E-state index in [1.807, 2.05) is 27.7 Å². The maximum atomic E-state index is 2.35. The number of aromatic nitrogens is 2. The molecule has 2 nitrogen and oxygen atoms in total. The Hall–Kier alpha value is -7.42. The van der Waals surface area contributed by atoms with Gasteiger partial charge in [0.25, 0.3) is 0 Å². The summed E-state index contributed by atoms with van der Waals surface area (Å²) in [4.78, 5) is 0. The molecule has 0 bridgehead atoms. The van der Waals surface area contributed by atoms with Gasteiger partial charge in [0.05, 0.1) is 22.1 Å². The van der Waals surface area contributed by atoms with Gasteiger partial charge >= 0.3 is 0 Å². The zero-order valence-corrected chi connectivity index (χ0v) is 34.8. The molecular weight excluding hydrogens is 725 g/mol. The Kier molecular flexibility index (Phi) is 12.1. The molecule has 0 aliphatic heterocycles. The molecule has 2 heterocycles. The number of rotatable bonds is 5. The van der Waals surface area contributed by atoms with E-state index >= 15 is 0 Å². The van der Waals surface area contributed by atoms with Crippen molar-refractivity contribution in [1.82, 2.24) is 9.13 Å². The lowest BCUT2D eigenvalue weighted by Gasteiger charge is -2.10. The fourth-order valence-corrected chi connectivity index (χ4v) is 8.12. The summed E-state index contributed by atoms with van der Waals surface area (Å²) in [6.07, 6.45) is 0. The first kappa shape index (κ1) is 39.4. The number of hydrogen-bond acceptors (Lipinski definition) is 0. The standard InChI is InChI=1S/C30H21N.C24H17N.2C2H6/c1-2-8-22(9-3-1)23-14-16-24(17-15-23)25-18-20-26(21-19-25)31-29-12-6-4-10-27(29)28-11-5-7-13-30(28)31;1-2-8-18(9-3-1)19-14-16-20(17-15-19)25-23-12-6-4-10-21(23)22-11-5-7-13-24(22)25;2*1-2/h1-21H;1-17H;2*1-2H3. The van der Waals surface area contributed by atoms with Gasteiger partial charge < -0.3 is 9.13 Å². The summed E-state index contributed by atoms with van der Waals surface area (Å²) in [6, 6.07) is 82.0. The van der Waals surface area contributed by atoms with Crippen LogP contribution < -0.4 is 0 Å². The van der Waals surface area contributed by atoms with E-state index in [0.717, 1.165) is 0 Å². The van der Waals surface area contributed by atoms with Gasteiger partial charge in [0.1, 0.15) is 0 Å². The van der Waals surface area contributed by atoms with E-state index in [2.05, 4.69) is 240 Å². The van der Waals surface area contributed by atoms with Crippen LogP contribution in [0.1, 0.15) is 27.7 Å². The maximum absolute atomic E-state index is 2.35. The van der Waals surface area contributed by atoms with Crippen molar-refractivity contribution in [1.29, 1.82) is 0 Å². The summed E-state index contributed by atoms with van der Waals surface area (Å²) < 4.78 is 4.70. The molecule has 11 rings (SSSR count). The lowest BCUT2D eigenvalue weighted by atomic mass is 10.0. The van der Waals surface area contributed by atoms with Crippen LogP contribution in [0.3, 0.4) is 0 Å². The summed E-state index contributed by atoms with van der Waals surface area (Å²) in [7, 11) is 0. The quantitative estimate of drug-likeness (QED) is 0.165. The summed E-state index contributed by atoms with van der Waals surface area (Å²) >= 11 is 0. The molecule has 0 aliphatic rings. The predicted molar refractivity (Wildman–Crippen MR) is 261 cm³/mol. The van der Waals surface area contributed by atoms with Crippen LogP contribution >= 0.6 is 0 Å². The fraction of sp³-hybridized carbons (Fsp3) is 0.0690. The Balaban J connectivity index is 0.000000157. The van der Waals surface area contributed by atoms with E-state index in [1.165, 1.54) is 88.4 Å². The molecule has 0 radical (unpaired) electrons.